The molecule has 0 aliphatic carbocycles. The van der Waals surface area contributed by atoms with E-state index in [2.05, 4.69) is 0 Å². The van der Waals surface area contributed by atoms with Crippen LogP contribution in [0.15, 0.2) is 54.6 Å². The van der Waals surface area contributed by atoms with Crippen molar-refractivity contribution in [1.82, 2.24) is 4.90 Å². The van der Waals surface area contributed by atoms with Crippen molar-refractivity contribution in [3.05, 3.63) is 65.7 Å². The molecule has 0 radical (unpaired) electrons. The van der Waals surface area contributed by atoms with Gasteiger partial charge in [0.2, 0.25) is 0 Å². The number of hydrogen-bond acceptors (Lipinski definition) is 5. The molecule has 0 spiro atoms. The van der Waals surface area contributed by atoms with Gasteiger partial charge >= 0.3 is 0 Å². The Balaban J connectivity index is 1.84. The third-order valence-corrected chi connectivity index (χ3v) is 6.06. The molecule has 3 N–H and O–H groups in total. The fourth-order valence-electron chi connectivity index (χ4n) is 3.13. The normalized spacial score (nSPS) is 22.8. The van der Waals surface area contributed by atoms with E-state index in [1.54, 1.807) is 0 Å². The zero-order valence-corrected chi connectivity index (χ0v) is 14.2. The van der Waals surface area contributed by atoms with Gasteiger partial charge in [0.1, 0.15) is 0 Å². The summed E-state index contributed by atoms with van der Waals surface area (Å²) < 4.78 is 23.8. The van der Waals surface area contributed by atoms with Gasteiger partial charge in [-0.25, -0.2) is 8.42 Å². The molecule has 24 heavy (non-hydrogen) atoms. The molecule has 128 valence electrons. The highest BCUT2D eigenvalue weighted by atomic mass is 32.2. The van der Waals surface area contributed by atoms with Gasteiger partial charge in [0.15, 0.2) is 9.84 Å². The number of sulfone groups is 1. The maximum Gasteiger partial charge on any atom is 0.154 e. The van der Waals surface area contributed by atoms with Crippen molar-refractivity contribution in [2.75, 3.05) is 17.2 Å². The highest BCUT2D eigenvalue weighted by Crippen LogP contribution is 2.23. The molecule has 0 saturated carbocycles. The van der Waals surface area contributed by atoms with Gasteiger partial charge in [-0.15, -0.1) is 0 Å². The number of rotatable bonds is 5. The Kier molecular flexibility index (Phi) is 4.89. The van der Waals surface area contributed by atoms with Gasteiger partial charge in [0, 0.05) is 18.8 Å². The van der Waals surface area contributed by atoms with Crippen LogP contribution in [0.25, 0.3) is 0 Å². The minimum absolute atomic E-state index is 0.00400. The second kappa shape index (κ2) is 6.93. The van der Waals surface area contributed by atoms with Crippen molar-refractivity contribution in [1.29, 1.82) is 0 Å². The summed E-state index contributed by atoms with van der Waals surface area (Å²) in [4.78, 5) is 2.04. The van der Waals surface area contributed by atoms with Crippen molar-refractivity contribution in [3.63, 3.8) is 0 Å². The minimum atomic E-state index is -3.19. The Morgan fingerprint density at radius 3 is 2.08 bits per heavy atom. The molecule has 1 heterocycles. The topological polar surface area (TPSA) is 83.6 Å². The maximum absolute atomic E-state index is 11.9. The Hall–Kier alpha value is -1.89. The Morgan fingerprint density at radius 1 is 0.958 bits per heavy atom. The van der Waals surface area contributed by atoms with Crippen LogP contribution in [-0.4, -0.2) is 42.1 Å². The first-order valence-corrected chi connectivity index (χ1v) is 9.76. The predicted octanol–water partition coefficient (Wildman–Crippen LogP) is 1.43. The van der Waals surface area contributed by atoms with Crippen LogP contribution in [0.1, 0.15) is 11.1 Å². The number of aliphatic hydroxyl groups excluding tert-OH is 1. The van der Waals surface area contributed by atoms with Crippen LogP contribution in [0.5, 0.6) is 0 Å². The van der Waals surface area contributed by atoms with E-state index in [1.165, 1.54) is 0 Å². The van der Waals surface area contributed by atoms with Crippen molar-refractivity contribution in [2.45, 2.75) is 25.2 Å². The summed E-state index contributed by atoms with van der Waals surface area (Å²) in [6.45, 7) is 1.15. The average molecular weight is 346 g/mol. The molecule has 0 amide bonds. The molecule has 0 bridgehead atoms. The number of hydrogen-bond donors (Lipinski definition) is 2. The van der Waals surface area contributed by atoms with Gasteiger partial charge in [-0.1, -0.05) is 42.5 Å². The molecule has 2 atom stereocenters. The summed E-state index contributed by atoms with van der Waals surface area (Å²) in [5.41, 5.74) is 8.55. The molecule has 1 aliphatic rings. The Morgan fingerprint density at radius 2 is 1.54 bits per heavy atom. The summed E-state index contributed by atoms with van der Waals surface area (Å²) in [6.07, 6.45) is -0.854. The number of benzene rings is 2. The predicted molar refractivity (Wildman–Crippen MR) is 95.0 cm³/mol. The minimum Gasteiger partial charge on any atom is -0.399 e. The lowest BCUT2D eigenvalue weighted by molar-refractivity contribution is 0.0731. The molecule has 0 unspecified atom stereocenters. The van der Waals surface area contributed by atoms with Gasteiger partial charge in [0.05, 0.1) is 23.7 Å². The second-order valence-corrected chi connectivity index (χ2v) is 8.50. The zero-order valence-electron chi connectivity index (χ0n) is 13.4. The third kappa shape index (κ3) is 4.14. The molecule has 5 nitrogen and oxygen atoms in total. The number of anilines is 1. The summed E-state index contributed by atoms with van der Waals surface area (Å²) in [5.74, 6) is -0.166. The van der Waals surface area contributed by atoms with Gasteiger partial charge in [-0.05, 0) is 23.3 Å². The fraction of sp³-hybridized carbons (Fsp3) is 0.333. The van der Waals surface area contributed by atoms with Gasteiger partial charge in [-0.3, -0.25) is 4.90 Å². The highest BCUT2D eigenvalue weighted by molar-refractivity contribution is 7.91. The van der Waals surface area contributed by atoms with Crippen LogP contribution in [0.4, 0.5) is 5.69 Å². The average Bonchev–Trinajstić information content (AvgIpc) is 2.83. The van der Waals surface area contributed by atoms with Crippen LogP contribution < -0.4 is 5.73 Å². The van der Waals surface area contributed by atoms with Crippen molar-refractivity contribution in [3.8, 4) is 0 Å². The second-order valence-electron chi connectivity index (χ2n) is 6.34. The van der Waals surface area contributed by atoms with E-state index in [4.69, 9.17) is 5.73 Å². The Bertz CT molecular complexity index is 776. The molecule has 1 aliphatic heterocycles. The number of nitrogen functional groups attached to an aromatic ring is 1. The number of nitrogens with two attached hydrogens (primary N) is 1. The smallest absolute Gasteiger partial charge is 0.154 e. The van der Waals surface area contributed by atoms with E-state index in [0.717, 1.165) is 11.1 Å². The maximum atomic E-state index is 11.9. The molecule has 2 aromatic carbocycles. The standard InChI is InChI=1S/C18H22N2O3S/c19-16-8-6-15(7-9-16)11-20(10-14-4-2-1-3-5-14)17-12-24(22,23)13-18(17)21/h1-9,17-18,21H,10-13,19H2/t17-,18-/m1/s1. The van der Waals surface area contributed by atoms with E-state index in [1.807, 2.05) is 59.5 Å². The van der Waals surface area contributed by atoms with Crippen LogP contribution in [-0.2, 0) is 22.9 Å². The quantitative estimate of drug-likeness (QED) is 0.800. The summed E-state index contributed by atoms with van der Waals surface area (Å²) in [5, 5.41) is 10.3. The highest BCUT2D eigenvalue weighted by Gasteiger charge is 2.39. The molecule has 1 saturated heterocycles. The van der Waals surface area contributed by atoms with Crippen molar-refractivity contribution >= 4 is 15.5 Å². The molecule has 6 heteroatoms. The first kappa shape index (κ1) is 17.0. The van der Waals surface area contributed by atoms with E-state index in [-0.39, 0.29) is 11.5 Å². The molecular weight excluding hydrogens is 324 g/mol. The monoisotopic (exact) mass is 346 g/mol. The van der Waals surface area contributed by atoms with Crippen LogP contribution >= 0.6 is 0 Å². The first-order valence-electron chi connectivity index (χ1n) is 7.94. The van der Waals surface area contributed by atoms with E-state index < -0.39 is 22.0 Å². The molecular formula is C18H22N2O3S. The van der Waals surface area contributed by atoms with E-state index in [0.29, 0.717) is 18.8 Å². The zero-order chi connectivity index (χ0) is 17.2. The van der Waals surface area contributed by atoms with Crippen LogP contribution in [0, 0.1) is 0 Å². The van der Waals surface area contributed by atoms with E-state index in [9.17, 15) is 13.5 Å². The summed E-state index contributed by atoms with van der Waals surface area (Å²) in [7, 11) is -3.19. The Labute approximate surface area is 142 Å². The summed E-state index contributed by atoms with van der Waals surface area (Å²) >= 11 is 0. The third-order valence-electron chi connectivity index (χ3n) is 4.36. The molecule has 0 aromatic heterocycles. The van der Waals surface area contributed by atoms with Gasteiger partial charge < -0.3 is 10.8 Å². The lowest BCUT2D eigenvalue weighted by Gasteiger charge is -2.30. The summed E-state index contributed by atoms with van der Waals surface area (Å²) in [6, 6.07) is 17.0. The first-order chi connectivity index (χ1) is 11.4. The molecule has 1 fully saturated rings. The van der Waals surface area contributed by atoms with Crippen molar-refractivity contribution < 1.29 is 13.5 Å². The van der Waals surface area contributed by atoms with Crippen LogP contribution in [0.2, 0.25) is 0 Å². The fourth-order valence-corrected chi connectivity index (χ4v) is 4.96. The molecule has 3 rings (SSSR count). The van der Waals surface area contributed by atoms with E-state index >= 15 is 0 Å². The number of aliphatic hydroxyl groups is 1. The largest absolute Gasteiger partial charge is 0.399 e. The van der Waals surface area contributed by atoms with Gasteiger partial charge in [0.25, 0.3) is 0 Å². The molecule has 2 aromatic rings. The SMILES string of the molecule is Nc1ccc(CN(Cc2ccccc2)[C@@H]2CS(=O)(=O)C[C@H]2O)cc1. The van der Waals surface area contributed by atoms with Gasteiger partial charge in [-0.2, -0.15) is 0 Å². The number of nitrogens with zero attached hydrogens (tertiary/aromatic N) is 1. The van der Waals surface area contributed by atoms with Crippen molar-refractivity contribution in [2.24, 2.45) is 0 Å². The lowest BCUT2D eigenvalue weighted by Crippen LogP contribution is -2.42. The lowest BCUT2D eigenvalue weighted by atomic mass is 10.1. The van der Waals surface area contributed by atoms with Crippen LogP contribution in [0.3, 0.4) is 0 Å².